The van der Waals surface area contributed by atoms with Gasteiger partial charge >= 0.3 is 0 Å². The molecule has 1 aromatic heterocycles. The van der Waals surface area contributed by atoms with Crippen molar-refractivity contribution in [3.8, 4) is 0 Å². The Morgan fingerprint density at radius 2 is 2.25 bits per heavy atom. The first-order valence-electron chi connectivity index (χ1n) is 4.91. The van der Waals surface area contributed by atoms with E-state index >= 15 is 0 Å². The van der Waals surface area contributed by atoms with Gasteiger partial charge in [-0.05, 0) is 26.8 Å². The molecule has 0 spiro atoms. The van der Waals surface area contributed by atoms with Crippen LogP contribution in [0.4, 0.5) is 0 Å². The summed E-state index contributed by atoms with van der Waals surface area (Å²) in [7, 11) is 0. The minimum atomic E-state index is -0.675. The number of aliphatic hydroxyl groups is 1. The standard InChI is InChI=1S/C11H15ClN2O2/c1-7-4-9(12)8(5-13-7)10(16)14-11(2,3)6-15/h4-5,15H,6H2,1-3H3,(H,14,16). The molecule has 88 valence electrons. The van der Waals surface area contributed by atoms with Crippen molar-refractivity contribution in [1.82, 2.24) is 10.3 Å². The van der Waals surface area contributed by atoms with Gasteiger partial charge in [0.15, 0.2) is 0 Å². The van der Waals surface area contributed by atoms with Crippen LogP contribution in [0.1, 0.15) is 29.9 Å². The SMILES string of the molecule is Cc1cc(Cl)c(C(=O)NC(C)(C)CO)cn1. The summed E-state index contributed by atoms with van der Waals surface area (Å²) >= 11 is 5.93. The summed E-state index contributed by atoms with van der Waals surface area (Å²) in [4.78, 5) is 15.8. The molecule has 0 bridgehead atoms. The maximum atomic E-state index is 11.8. The van der Waals surface area contributed by atoms with Gasteiger partial charge in [0.1, 0.15) is 0 Å². The van der Waals surface area contributed by atoms with Crippen LogP contribution in [0.25, 0.3) is 0 Å². The lowest BCUT2D eigenvalue weighted by Gasteiger charge is -2.23. The number of aryl methyl sites for hydroxylation is 1. The number of amides is 1. The maximum absolute atomic E-state index is 11.8. The second kappa shape index (κ2) is 4.80. The number of nitrogens with zero attached hydrogens (tertiary/aromatic N) is 1. The topological polar surface area (TPSA) is 62.2 Å². The normalized spacial score (nSPS) is 11.3. The van der Waals surface area contributed by atoms with Gasteiger partial charge < -0.3 is 10.4 Å². The number of rotatable bonds is 3. The van der Waals surface area contributed by atoms with E-state index in [1.165, 1.54) is 6.20 Å². The number of carbonyl (C=O) groups is 1. The molecule has 0 saturated heterocycles. The lowest BCUT2D eigenvalue weighted by atomic mass is 10.1. The van der Waals surface area contributed by atoms with Crippen LogP contribution < -0.4 is 5.32 Å². The van der Waals surface area contributed by atoms with Crippen molar-refractivity contribution in [3.05, 3.63) is 28.5 Å². The van der Waals surface area contributed by atoms with E-state index < -0.39 is 5.54 Å². The van der Waals surface area contributed by atoms with Gasteiger partial charge in [-0.25, -0.2) is 0 Å². The Balaban J connectivity index is 2.89. The van der Waals surface area contributed by atoms with Crippen LogP contribution >= 0.6 is 11.6 Å². The molecule has 1 heterocycles. The van der Waals surface area contributed by atoms with Crippen molar-refractivity contribution < 1.29 is 9.90 Å². The molecule has 0 saturated carbocycles. The second-order valence-electron chi connectivity index (χ2n) is 4.30. The number of hydrogen-bond acceptors (Lipinski definition) is 3. The summed E-state index contributed by atoms with van der Waals surface area (Å²) in [6, 6.07) is 1.63. The number of carbonyl (C=O) groups excluding carboxylic acids is 1. The molecule has 16 heavy (non-hydrogen) atoms. The van der Waals surface area contributed by atoms with Gasteiger partial charge in [-0.15, -0.1) is 0 Å². The first-order valence-corrected chi connectivity index (χ1v) is 5.29. The molecule has 0 aliphatic rings. The van der Waals surface area contributed by atoms with Gasteiger partial charge in [-0.3, -0.25) is 9.78 Å². The number of aliphatic hydroxyl groups excluding tert-OH is 1. The highest BCUT2D eigenvalue weighted by molar-refractivity contribution is 6.33. The highest BCUT2D eigenvalue weighted by Crippen LogP contribution is 2.16. The Labute approximate surface area is 99.6 Å². The second-order valence-corrected chi connectivity index (χ2v) is 4.71. The Morgan fingerprint density at radius 3 is 2.75 bits per heavy atom. The van der Waals surface area contributed by atoms with Crippen molar-refractivity contribution in [2.24, 2.45) is 0 Å². The van der Waals surface area contributed by atoms with Gasteiger partial charge in [0.05, 0.1) is 22.7 Å². The molecular weight excluding hydrogens is 228 g/mol. The monoisotopic (exact) mass is 242 g/mol. The van der Waals surface area contributed by atoms with Crippen molar-refractivity contribution in [2.75, 3.05) is 6.61 Å². The summed E-state index contributed by atoms with van der Waals surface area (Å²) in [6.07, 6.45) is 1.43. The third-order valence-electron chi connectivity index (χ3n) is 2.08. The van der Waals surface area contributed by atoms with Gasteiger partial charge in [-0.1, -0.05) is 11.6 Å². The van der Waals surface area contributed by atoms with Crippen molar-refractivity contribution in [1.29, 1.82) is 0 Å². The number of aromatic nitrogens is 1. The summed E-state index contributed by atoms with van der Waals surface area (Å²) < 4.78 is 0. The quantitative estimate of drug-likeness (QED) is 0.845. The van der Waals surface area contributed by atoms with Crippen LogP contribution in [0.5, 0.6) is 0 Å². The average molecular weight is 243 g/mol. The fourth-order valence-corrected chi connectivity index (χ4v) is 1.40. The fourth-order valence-electron chi connectivity index (χ4n) is 1.11. The molecule has 2 N–H and O–H groups in total. The van der Waals surface area contributed by atoms with Gasteiger partial charge in [0.2, 0.25) is 0 Å². The van der Waals surface area contributed by atoms with E-state index in [1.54, 1.807) is 26.8 Å². The zero-order valence-corrected chi connectivity index (χ0v) is 10.3. The maximum Gasteiger partial charge on any atom is 0.254 e. The minimum Gasteiger partial charge on any atom is -0.394 e. The molecule has 1 rings (SSSR count). The number of halogens is 1. The predicted octanol–water partition coefficient (Wildman–Crippen LogP) is 1.54. The Bertz CT molecular complexity index is 405. The van der Waals surface area contributed by atoms with E-state index in [0.29, 0.717) is 10.6 Å². The van der Waals surface area contributed by atoms with Gasteiger partial charge in [0.25, 0.3) is 5.91 Å². The van der Waals surface area contributed by atoms with E-state index in [9.17, 15) is 4.79 Å². The van der Waals surface area contributed by atoms with Crippen molar-refractivity contribution >= 4 is 17.5 Å². The number of hydrogen-bond donors (Lipinski definition) is 2. The Kier molecular flexibility index (Phi) is 3.88. The lowest BCUT2D eigenvalue weighted by Crippen LogP contribution is -2.46. The van der Waals surface area contributed by atoms with Crippen LogP contribution in [0.15, 0.2) is 12.3 Å². The largest absolute Gasteiger partial charge is 0.394 e. The molecular formula is C11H15ClN2O2. The highest BCUT2D eigenvalue weighted by Gasteiger charge is 2.21. The zero-order chi connectivity index (χ0) is 12.3. The van der Waals surface area contributed by atoms with Crippen LogP contribution in [0.2, 0.25) is 5.02 Å². The third kappa shape index (κ3) is 3.18. The molecule has 0 unspecified atom stereocenters. The highest BCUT2D eigenvalue weighted by atomic mass is 35.5. The lowest BCUT2D eigenvalue weighted by molar-refractivity contribution is 0.0869. The number of pyridine rings is 1. The van der Waals surface area contributed by atoms with E-state index in [4.69, 9.17) is 16.7 Å². The van der Waals surface area contributed by atoms with E-state index in [0.717, 1.165) is 5.69 Å². The molecule has 0 aliphatic carbocycles. The van der Waals surface area contributed by atoms with Gasteiger partial charge in [0, 0.05) is 11.9 Å². The minimum absolute atomic E-state index is 0.143. The smallest absolute Gasteiger partial charge is 0.254 e. The molecule has 0 fully saturated rings. The molecule has 0 radical (unpaired) electrons. The third-order valence-corrected chi connectivity index (χ3v) is 2.39. The van der Waals surface area contributed by atoms with E-state index in [2.05, 4.69) is 10.3 Å². The van der Waals surface area contributed by atoms with Crippen molar-refractivity contribution in [2.45, 2.75) is 26.3 Å². The summed E-state index contributed by atoms with van der Waals surface area (Å²) in [6.45, 7) is 5.10. The molecule has 1 amide bonds. The average Bonchev–Trinajstić information content (AvgIpc) is 2.16. The summed E-state index contributed by atoms with van der Waals surface area (Å²) in [5, 5.41) is 12.1. The van der Waals surface area contributed by atoms with Crippen LogP contribution in [0, 0.1) is 6.92 Å². The van der Waals surface area contributed by atoms with Crippen LogP contribution in [-0.4, -0.2) is 28.1 Å². The Morgan fingerprint density at radius 1 is 1.62 bits per heavy atom. The van der Waals surface area contributed by atoms with Gasteiger partial charge in [-0.2, -0.15) is 0 Å². The summed E-state index contributed by atoms with van der Waals surface area (Å²) in [5.74, 6) is -0.337. The summed E-state index contributed by atoms with van der Waals surface area (Å²) in [5.41, 5.74) is 0.391. The van der Waals surface area contributed by atoms with E-state index in [-0.39, 0.29) is 12.5 Å². The molecule has 0 aromatic carbocycles. The Hall–Kier alpha value is -1.13. The van der Waals surface area contributed by atoms with Crippen molar-refractivity contribution in [3.63, 3.8) is 0 Å². The predicted molar refractivity (Wildman–Crippen MR) is 62.6 cm³/mol. The molecule has 1 aromatic rings. The molecule has 0 atom stereocenters. The molecule has 5 heteroatoms. The zero-order valence-electron chi connectivity index (χ0n) is 9.54. The first-order chi connectivity index (χ1) is 7.35. The molecule has 4 nitrogen and oxygen atoms in total. The van der Waals surface area contributed by atoms with E-state index in [1.807, 2.05) is 0 Å². The fraction of sp³-hybridized carbons (Fsp3) is 0.455. The van der Waals surface area contributed by atoms with Crippen LogP contribution in [-0.2, 0) is 0 Å². The number of nitrogens with one attached hydrogen (secondary N) is 1. The first kappa shape index (κ1) is 12.9. The van der Waals surface area contributed by atoms with Crippen LogP contribution in [0.3, 0.4) is 0 Å². The molecule has 0 aliphatic heterocycles.